The molecule has 0 aromatic carbocycles. The third-order valence-electron chi connectivity index (χ3n) is 6.88. The number of nitrogens with zero attached hydrogens (tertiary/aromatic N) is 6. The predicted molar refractivity (Wildman–Crippen MR) is 132 cm³/mol. The van der Waals surface area contributed by atoms with Gasteiger partial charge < -0.3 is 19.7 Å². The number of pyridine rings is 2. The lowest BCUT2D eigenvalue weighted by Gasteiger charge is -2.26. The molecule has 1 aliphatic heterocycles. The summed E-state index contributed by atoms with van der Waals surface area (Å²) in [5.74, 6) is 2.98. The van der Waals surface area contributed by atoms with Crippen molar-refractivity contribution in [3.05, 3.63) is 54.4 Å². The second-order valence-electron chi connectivity index (χ2n) is 10.4. The van der Waals surface area contributed by atoms with E-state index in [2.05, 4.69) is 33.5 Å². The van der Waals surface area contributed by atoms with Crippen molar-refractivity contribution < 1.29 is 14.4 Å². The standard InChI is InChI=1S/C26H29N7O3/c1-25(2,34)15-33-14-17(12-30-33)23-31-24(32-36-23)26(3,18-4-5-18)19-6-7-20(28-13-19)16-10-21-22(29-11-16)27-8-9-35-21/h6-7,10-14,18,34H,4-5,8-9,15H2,1-3H3,(H,27,29)/t26-/m1/s1. The zero-order valence-electron chi connectivity index (χ0n) is 20.6. The van der Waals surface area contributed by atoms with Crippen molar-refractivity contribution in [2.24, 2.45) is 5.92 Å². The summed E-state index contributed by atoms with van der Waals surface area (Å²) >= 11 is 0. The molecule has 0 spiro atoms. The average molecular weight is 488 g/mol. The molecule has 36 heavy (non-hydrogen) atoms. The van der Waals surface area contributed by atoms with Crippen LogP contribution in [0.2, 0.25) is 0 Å². The van der Waals surface area contributed by atoms with Crippen LogP contribution in [-0.4, -0.2) is 53.7 Å². The molecule has 10 nitrogen and oxygen atoms in total. The van der Waals surface area contributed by atoms with E-state index in [0.29, 0.717) is 30.8 Å². The second-order valence-corrected chi connectivity index (χ2v) is 10.4. The van der Waals surface area contributed by atoms with E-state index in [0.717, 1.165) is 53.3 Å². The number of hydrogen-bond acceptors (Lipinski definition) is 9. The fraction of sp³-hybridized carbons (Fsp3) is 0.423. The van der Waals surface area contributed by atoms with Crippen molar-refractivity contribution >= 4 is 5.82 Å². The minimum absolute atomic E-state index is 0.369. The zero-order valence-corrected chi connectivity index (χ0v) is 20.6. The predicted octanol–water partition coefficient (Wildman–Crippen LogP) is 3.68. The number of nitrogens with one attached hydrogen (secondary N) is 1. The van der Waals surface area contributed by atoms with Gasteiger partial charge >= 0.3 is 0 Å². The minimum Gasteiger partial charge on any atom is -0.488 e. The van der Waals surface area contributed by atoms with Crippen molar-refractivity contribution in [1.82, 2.24) is 29.9 Å². The summed E-state index contributed by atoms with van der Waals surface area (Å²) in [6.45, 7) is 7.39. The maximum absolute atomic E-state index is 10.1. The van der Waals surface area contributed by atoms with Gasteiger partial charge in [-0.2, -0.15) is 10.1 Å². The van der Waals surface area contributed by atoms with Gasteiger partial charge in [0.25, 0.3) is 5.89 Å². The number of rotatable bonds is 7. The van der Waals surface area contributed by atoms with Gasteiger partial charge in [0, 0.05) is 24.2 Å². The van der Waals surface area contributed by atoms with Gasteiger partial charge in [0.15, 0.2) is 17.4 Å². The average Bonchev–Trinajstić information content (AvgIpc) is 3.44. The van der Waals surface area contributed by atoms with E-state index in [4.69, 9.17) is 19.2 Å². The van der Waals surface area contributed by atoms with Gasteiger partial charge in [-0.05, 0) is 57.2 Å². The van der Waals surface area contributed by atoms with E-state index in [1.807, 2.05) is 30.7 Å². The van der Waals surface area contributed by atoms with Gasteiger partial charge in [0.1, 0.15) is 6.61 Å². The van der Waals surface area contributed by atoms with Crippen LogP contribution >= 0.6 is 0 Å². The summed E-state index contributed by atoms with van der Waals surface area (Å²) in [5.41, 5.74) is 2.21. The fourth-order valence-corrected chi connectivity index (χ4v) is 4.75. The number of anilines is 1. The first-order chi connectivity index (χ1) is 17.3. The van der Waals surface area contributed by atoms with E-state index in [1.54, 1.807) is 24.7 Å². The van der Waals surface area contributed by atoms with E-state index in [9.17, 15) is 5.11 Å². The second kappa shape index (κ2) is 8.41. The Morgan fingerprint density at radius 2 is 1.97 bits per heavy atom. The van der Waals surface area contributed by atoms with Gasteiger partial charge in [-0.25, -0.2) is 4.98 Å². The smallest absolute Gasteiger partial charge is 0.261 e. The van der Waals surface area contributed by atoms with Gasteiger partial charge in [-0.1, -0.05) is 11.2 Å². The summed E-state index contributed by atoms with van der Waals surface area (Å²) in [6, 6.07) is 6.08. The molecule has 1 atom stereocenters. The molecular formula is C26H29N7O3. The highest BCUT2D eigenvalue weighted by Gasteiger charge is 2.47. The van der Waals surface area contributed by atoms with Gasteiger partial charge in [-0.3, -0.25) is 9.67 Å². The maximum Gasteiger partial charge on any atom is 0.261 e. The van der Waals surface area contributed by atoms with Crippen molar-refractivity contribution in [1.29, 1.82) is 0 Å². The Hall–Kier alpha value is -3.79. The molecule has 10 heteroatoms. The lowest BCUT2D eigenvalue weighted by atomic mass is 9.77. The summed E-state index contributed by atoms with van der Waals surface area (Å²) < 4.78 is 13.1. The molecule has 4 aromatic rings. The summed E-state index contributed by atoms with van der Waals surface area (Å²) in [4.78, 5) is 14.0. The third kappa shape index (κ3) is 4.21. The van der Waals surface area contributed by atoms with E-state index < -0.39 is 11.0 Å². The lowest BCUT2D eigenvalue weighted by Crippen LogP contribution is -2.28. The number of aliphatic hydroxyl groups is 1. The molecule has 1 fully saturated rings. The highest BCUT2D eigenvalue weighted by molar-refractivity contribution is 5.65. The molecule has 0 unspecified atom stereocenters. The number of fused-ring (bicyclic) bond motifs is 1. The molecule has 4 aromatic heterocycles. The number of ether oxygens (including phenoxy) is 1. The van der Waals surface area contributed by atoms with Crippen LogP contribution in [-0.2, 0) is 12.0 Å². The molecule has 2 aliphatic rings. The van der Waals surface area contributed by atoms with Crippen molar-refractivity contribution in [2.75, 3.05) is 18.5 Å². The highest BCUT2D eigenvalue weighted by atomic mass is 16.5. The molecule has 1 aliphatic carbocycles. The van der Waals surface area contributed by atoms with Crippen LogP contribution in [0.3, 0.4) is 0 Å². The maximum atomic E-state index is 10.1. The van der Waals surface area contributed by atoms with E-state index in [-0.39, 0.29) is 0 Å². The van der Waals surface area contributed by atoms with Crippen LogP contribution in [0.15, 0.2) is 47.5 Å². The summed E-state index contributed by atoms with van der Waals surface area (Å²) in [5, 5.41) is 22.0. The Morgan fingerprint density at radius 3 is 2.72 bits per heavy atom. The monoisotopic (exact) mass is 487 g/mol. The molecule has 0 radical (unpaired) electrons. The van der Waals surface area contributed by atoms with Crippen LogP contribution in [0.1, 0.15) is 45.0 Å². The normalized spacial score (nSPS) is 17.1. The van der Waals surface area contributed by atoms with Crippen molar-refractivity contribution in [3.8, 4) is 28.5 Å². The summed E-state index contributed by atoms with van der Waals surface area (Å²) in [7, 11) is 0. The molecule has 1 saturated carbocycles. The van der Waals surface area contributed by atoms with Gasteiger partial charge in [0.05, 0.1) is 41.6 Å². The van der Waals surface area contributed by atoms with Crippen LogP contribution in [0, 0.1) is 5.92 Å². The van der Waals surface area contributed by atoms with E-state index >= 15 is 0 Å². The highest BCUT2D eigenvalue weighted by Crippen LogP contribution is 2.50. The first kappa shape index (κ1) is 22.7. The molecule has 2 N–H and O–H groups in total. The lowest BCUT2D eigenvalue weighted by molar-refractivity contribution is 0.0577. The molecule has 0 amide bonds. The van der Waals surface area contributed by atoms with E-state index in [1.165, 1.54) is 0 Å². The zero-order chi connectivity index (χ0) is 24.9. The van der Waals surface area contributed by atoms with Crippen LogP contribution in [0.5, 0.6) is 5.75 Å². The third-order valence-corrected chi connectivity index (χ3v) is 6.88. The van der Waals surface area contributed by atoms with Crippen LogP contribution in [0.4, 0.5) is 5.82 Å². The largest absolute Gasteiger partial charge is 0.488 e. The van der Waals surface area contributed by atoms with Gasteiger partial charge in [0.2, 0.25) is 0 Å². The first-order valence-corrected chi connectivity index (χ1v) is 12.2. The minimum atomic E-state index is -0.869. The number of hydrogen-bond donors (Lipinski definition) is 2. The van der Waals surface area contributed by atoms with Gasteiger partial charge in [-0.15, -0.1) is 0 Å². The molecule has 6 rings (SSSR count). The quantitative estimate of drug-likeness (QED) is 0.402. The van der Waals surface area contributed by atoms with Crippen LogP contribution < -0.4 is 10.1 Å². The van der Waals surface area contributed by atoms with Crippen molar-refractivity contribution in [2.45, 2.75) is 51.2 Å². The van der Waals surface area contributed by atoms with Crippen molar-refractivity contribution in [3.63, 3.8) is 0 Å². The Bertz CT molecular complexity index is 1390. The molecule has 0 bridgehead atoms. The first-order valence-electron chi connectivity index (χ1n) is 12.2. The fourth-order valence-electron chi connectivity index (χ4n) is 4.75. The SMILES string of the molecule is CC(C)(O)Cn1cc(-c2nc([C@@](C)(c3ccc(-c4cnc5c(c4)OCCN5)nc3)C3CC3)no2)cn1. The molecule has 0 saturated heterocycles. The Kier molecular flexibility index (Phi) is 5.29. The number of aromatic nitrogens is 6. The Balaban J connectivity index is 1.28. The van der Waals surface area contributed by atoms with Crippen LogP contribution in [0.25, 0.3) is 22.7 Å². The molecule has 5 heterocycles. The Morgan fingerprint density at radius 1 is 1.11 bits per heavy atom. The topological polar surface area (TPSA) is 124 Å². The molecule has 186 valence electrons. The Labute approximate surface area is 208 Å². The molecular weight excluding hydrogens is 458 g/mol. The summed E-state index contributed by atoms with van der Waals surface area (Å²) in [6.07, 6.45) is 9.41.